The molecule has 0 unspecified atom stereocenters. The quantitative estimate of drug-likeness (QED) is 0.143. The summed E-state index contributed by atoms with van der Waals surface area (Å²) in [5, 5.41) is 14.5. The molecule has 9 heteroatoms. The van der Waals surface area contributed by atoms with Crippen LogP contribution in [0.1, 0.15) is 52.7 Å². The summed E-state index contributed by atoms with van der Waals surface area (Å²) in [4.78, 5) is 25.4. The smallest absolute Gasteiger partial charge is 0.353 e. The van der Waals surface area contributed by atoms with E-state index in [0.717, 1.165) is 42.5 Å². The van der Waals surface area contributed by atoms with Gasteiger partial charge in [-0.2, -0.15) is 0 Å². The van der Waals surface area contributed by atoms with Crippen molar-refractivity contribution < 1.29 is 19.4 Å². The minimum Gasteiger partial charge on any atom is -0.422 e. The monoisotopic (exact) mass is 593 g/mol. The molecule has 4 rings (SSSR count). The molecule has 1 saturated carbocycles. The summed E-state index contributed by atoms with van der Waals surface area (Å²) in [6.45, 7) is 1.44. The predicted molar refractivity (Wildman–Crippen MR) is 155 cm³/mol. The largest absolute Gasteiger partial charge is 0.422 e. The molecular formula is C29H30Cl3NO4S. The molecule has 2 aromatic carbocycles. The summed E-state index contributed by atoms with van der Waals surface area (Å²) >= 11 is 20.4. The molecule has 202 valence electrons. The van der Waals surface area contributed by atoms with Crippen LogP contribution in [0, 0.1) is 11.8 Å². The number of aliphatic hydroxyl groups excluding tert-OH is 1. The zero-order valence-electron chi connectivity index (χ0n) is 21.0. The van der Waals surface area contributed by atoms with E-state index in [1.807, 2.05) is 18.2 Å². The van der Waals surface area contributed by atoms with Gasteiger partial charge in [0.2, 0.25) is 5.91 Å². The Morgan fingerprint density at radius 3 is 2.39 bits per heavy atom. The van der Waals surface area contributed by atoms with E-state index >= 15 is 0 Å². The molecule has 0 spiro atoms. The number of thiophene rings is 1. The number of hydrogen-bond donors (Lipinski definition) is 2. The number of aryl methyl sites for hydroxylation is 2. The number of hydrogen-bond acceptors (Lipinski definition) is 5. The first-order valence-corrected chi connectivity index (χ1v) is 14.6. The van der Waals surface area contributed by atoms with Gasteiger partial charge in [0, 0.05) is 32.9 Å². The number of halogens is 3. The van der Waals surface area contributed by atoms with E-state index < -0.39 is 12.1 Å². The van der Waals surface area contributed by atoms with E-state index in [2.05, 4.69) is 5.32 Å². The van der Waals surface area contributed by atoms with Crippen molar-refractivity contribution in [3.05, 3.63) is 80.0 Å². The van der Waals surface area contributed by atoms with Gasteiger partial charge < -0.3 is 15.2 Å². The SMILES string of the molecule is CC(=O)Nc1ccc(OC(=O)c2ccc(CCC[C@@H]3[C@@H](CCc4cc(Cl)cc(Cl)c4)[C@H](O)C[C@H]3Cl)s2)cc1. The highest BCUT2D eigenvalue weighted by molar-refractivity contribution is 7.13. The second-order valence-electron chi connectivity index (χ2n) is 9.72. The molecule has 2 N–H and O–H groups in total. The minimum atomic E-state index is -0.410. The fraction of sp³-hybridized carbons (Fsp3) is 0.379. The van der Waals surface area contributed by atoms with Crippen LogP contribution in [0.2, 0.25) is 10.0 Å². The lowest BCUT2D eigenvalue weighted by atomic mass is 9.85. The number of ether oxygens (including phenoxy) is 1. The molecule has 5 nitrogen and oxygen atoms in total. The number of carbonyl (C=O) groups is 2. The van der Waals surface area contributed by atoms with Gasteiger partial charge in [-0.3, -0.25) is 4.79 Å². The van der Waals surface area contributed by atoms with Crippen LogP contribution in [0.4, 0.5) is 5.69 Å². The Bertz CT molecular complexity index is 1240. The van der Waals surface area contributed by atoms with Gasteiger partial charge in [-0.25, -0.2) is 4.79 Å². The topological polar surface area (TPSA) is 75.6 Å². The number of rotatable bonds is 10. The number of anilines is 1. The number of esters is 1. The third-order valence-corrected chi connectivity index (χ3v) is 8.94. The zero-order valence-corrected chi connectivity index (χ0v) is 24.0. The van der Waals surface area contributed by atoms with Gasteiger partial charge in [0.1, 0.15) is 10.6 Å². The highest BCUT2D eigenvalue weighted by atomic mass is 35.5. The lowest BCUT2D eigenvalue weighted by Gasteiger charge is -2.23. The standard InChI is InChI=1S/C29H30Cl3NO4S/c1-17(34)33-21-6-8-22(9-7-21)37-29(36)28-12-10-23(38-28)3-2-4-24-25(27(35)16-26(24)32)11-5-18-13-19(30)15-20(31)14-18/h6-10,12-15,24-27,35H,2-5,11,16H2,1H3,(H,33,34)/t24-,25-,26-,27-/m1/s1. The Morgan fingerprint density at radius 1 is 1.00 bits per heavy atom. The van der Waals surface area contributed by atoms with Crippen LogP contribution in [-0.4, -0.2) is 28.5 Å². The Hall–Kier alpha value is -2.09. The average molecular weight is 595 g/mol. The van der Waals surface area contributed by atoms with Crippen LogP contribution < -0.4 is 10.1 Å². The van der Waals surface area contributed by atoms with Crippen LogP contribution in [0.3, 0.4) is 0 Å². The Kier molecular flexibility index (Phi) is 10.1. The van der Waals surface area contributed by atoms with E-state index in [0.29, 0.717) is 32.8 Å². The van der Waals surface area contributed by atoms with Crippen molar-refractivity contribution in [1.82, 2.24) is 0 Å². The molecule has 1 amide bonds. The Morgan fingerprint density at radius 2 is 1.71 bits per heavy atom. The van der Waals surface area contributed by atoms with Crippen LogP contribution >= 0.6 is 46.1 Å². The molecule has 1 aliphatic rings. The summed E-state index contributed by atoms with van der Waals surface area (Å²) < 4.78 is 5.47. The molecule has 1 aromatic heterocycles. The summed E-state index contributed by atoms with van der Waals surface area (Å²) in [7, 11) is 0. The average Bonchev–Trinajstić information content (AvgIpc) is 3.42. The molecule has 3 aromatic rings. The minimum absolute atomic E-state index is 0.0520. The first-order chi connectivity index (χ1) is 18.2. The Labute approximate surface area is 242 Å². The number of nitrogens with one attached hydrogen (secondary N) is 1. The van der Waals surface area contributed by atoms with Crippen LogP contribution in [0.15, 0.2) is 54.6 Å². The van der Waals surface area contributed by atoms with Gasteiger partial charge in [0.05, 0.1) is 6.10 Å². The summed E-state index contributed by atoms with van der Waals surface area (Å²) in [5.74, 6) is 0.199. The third-order valence-electron chi connectivity index (χ3n) is 6.87. The first-order valence-electron chi connectivity index (χ1n) is 12.6. The maximum Gasteiger partial charge on any atom is 0.353 e. The van der Waals surface area contributed by atoms with Crippen LogP contribution in [0.25, 0.3) is 0 Å². The van der Waals surface area contributed by atoms with Crippen LogP contribution in [-0.2, 0) is 17.6 Å². The molecule has 38 heavy (non-hydrogen) atoms. The molecular weight excluding hydrogens is 565 g/mol. The second kappa shape index (κ2) is 13.3. The summed E-state index contributed by atoms with van der Waals surface area (Å²) in [5.41, 5.74) is 1.70. The maximum atomic E-state index is 12.6. The van der Waals surface area contributed by atoms with Crippen molar-refractivity contribution in [2.45, 2.75) is 56.9 Å². The number of benzene rings is 2. The fourth-order valence-corrected chi connectivity index (χ4v) is 7.12. The zero-order chi connectivity index (χ0) is 27.2. The van der Waals surface area contributed by atoms with Gasteiger partial charge in [0.25, 0.3) is 0 Å². The fourth-order valence-electron chi connectivity index (χ4n) is 5.12. The van der Waals surface area contributed by atoms with Crippen molar-refractivity contribution in [2.75, 3.05) is 5.32 Å². The highest BCUT2D eigenvalue weighted by Crippen LogP contribution is 2.42. The van der Waals surface area contributed by atoms with Crippen molar-refractivity contribution in [2.24, 2.45) is 11.8 Å². The summed E-state index contributed by atoms with van der Waals surface area (Å²) in [6.07, 6.45) is 4.46. The third kappa shape index (κ3) is 7.96. The molecule has 1 aliphatic carbocycles. The predicted octanol–water partition coefficient (Wildman–Crippen LogP) is 7.79. The molecule has 1 heterocycles. The molecule has 0 radical (unpaired) electrons. The lowest BCUT2D eigenvalue weighted by molar-refractivity contribution is -0.114. The van der Waals surface area contributed by atoms with Crippen molar-refractivity contribution in [3.8, 4) is 5.75 Å². The molecule has 1 fully saturated rings. The number of alkyl halides is 1. The van der Waals surface area contributed by atoms with Gasteiger partial charge in [-0.15, -0.1) is 22.9 Å². The van der Waals surface area contributed by atoms with Crippen molar-refractivity contribution in [1.29, 1.82) is 0 Å². The Balaban J connectivity index is 1.27. The van der Waals surface area contributed by atoms with E-state index in [-0.39, 0.29) is 23.1 Å². The van der Waals surface area contributed by atoms with E-state index in [9.17, 15) is 14.7 Å². The van der Waals surface area contributed by atoms with Crippen LogP contribution in [0.5, 0.6) is 5.75 Å². The van der Waals surface area contributed by atoms with Gasteiger partial charge in [-0.05, 0) is 111 Å². The first kappa shape index (κ1) is 28.9. The molecule has 0 aliphatic heterocycles. The number of carbonyl (C=O) groups excluding carboxylic acids is 2. The van der Waals surface area contributed by atoms with Gasteiger partial charge in [-0.1, -0.05) is 23.2 Å². The lowest BCUT2D eigenvalue weighted by Crippen LogP contribution is -2.21. The maximum absolute atomic E-state index is 12.6. The normalized spacial score (nSPS) is 20.9. The van der Waals surface area contributed by atoms with E-state index in [1.54, 1.807) is 36.4 Å². The molecule has 4 atom stereocenters. The molecule has 0 bridgehead atoms. The second-order valence-corrected chi connectivity index (χ2v) is 12.3. The van der Waals surface area contributed by atoms with Gasteiger partial charge >= 0.3 is 5.97 Å². The van der Waals surface area contributed by atoms with Crippen molar-refractivity contribution in [3.63, 3.8) is 0 Å². The molecule has 0 saturated heterocycles. The number of amides is 1. The number of aliphatic hydroxyl groups is 1. The van der Waals surface area contributed by atoms with Gasteiger partial charge in [0.15, 0.2) is 0 Å². The summed E-state index contributed by atoms with van der Waals surface area (Å²) in [6, 6.07) is 16.0. The van der Waals surface area contributed by atoms with E-state index in [4.69, 9.17) is 39.5 Å². The van der Waals surface area contributed by atoms with E-state index in [1.165, 1.54) is 18.3 Å². The highest BCUT2D eigenvalue weighted by Gasteiger charge is 2.40. The van der Waals surface area contributed by atoms with Crippen molar-refractivity contribution >= 4 is 63.7 Å².